The van der Waals surface area contributed by atoms with Crippen molar-refractivity contribution in [2.75, 3.05) is 5.32 Å². The standard InChI is InChI=1S/C17H12F3N3O2S/c1-9(15(24)21-14-12(19)3-2-4-13(14)20)26-17-23-22-16(25-17)10-5-7-11(18)8-6-10/h2-9H,1H3,(H,21,24)/t9-/m1/s1. The van der Waals surface area contributed by atoms with E-state index in [1.54, 1.807) is 0 Å². The molecule has 0 saturated carbocycles. The molecule has 0 radical (unpaired) electrons. The maximum atomic E-state index is 13.6. The molecule has 0 aliphatic carbocycles. The van der Waals surface area contributed by atoms with E-state index in [0.717, 1.165) is 23.9 Å². The summed E-state index contributed by atoms with van der Waals surface area (Å²) >= 11 is 0.930. The molecular weight excluding hydrogens is 367 g/mol. The van der Waals surface area contributed by atoms with Crippen LogP contribution in [0.15, 0.2) is 52.1 Å². The highest BCUT2D eigenvalue weighted by Crippen LogP contribution is 2.27. The molecule has 0 fully saturated rings. The van der Waals surface area contributed by atoms with Crippen molar-refractivity contribution in [2.24, 2.45) is 0 Å². The van der Waals surface area contributed by atoms with Gasteiger partial charge in [-0.3, -0.25) is 4.79 Å². The predicted molar refractivity (Wildman–Crippen MR) is 90.0 cm³/mol. The lowest BCUT2D eigenvalue weighted by Crippen LogP contribution is -2.23. The molecule has 0 aliphatic rings. The molecule has 0 saturated heterocycles. The van der Waals surface area contributed by atoms with Gasteiger partial charge in [0, 0.05) is 5.56 Å². The zero-order chi connectivity index (χ0) is 18.7. The number of para-hydroxylation sites is 1. The number of amides is 1. The van der Waals surface area contributed by atoms with Gasteiger partial charge in [-0.2, -0.15) is 0 Å². The van der Waals surface area contributed by atoms with E-state index in [-0.39, 0.29) is 11.1 Å². The molecular formula is C17H12F3N3O2S. The Bertz CT molecular complexity index is 911. The molecule has 3 aromatic rings. The average molecular weight is 379 g/mol. The fourth-order valence-electron chi connectivity index (χ4n) is 2.01. The van der Waals surface area contributed by atoms with Gasteiger partial charge in [0.15, 0.2) is 0 Å². The second-order valence-corrected chi connectivity index (χ2v) is 6.52. The number of halogens is 3. The van der Waals surface area contributed by atoms with Crippen LogP contribution in [0.4, 0.5) is 18.9 Å². The van der Waals surface area contributed by atoms with Crippen molar-refractivity contribution in [3.05, 3.63) is 59.9 Å². The summed E-state index contributed by atoms with van der Waals surface area (Å²) in [4.78, 5) is 12.1. The zero-order valence-electron chi connectivity index (χ0n) is 13.4. The minimum absolute atomic E-state index is 0.0981. The van der Waals surface area contributed by atoms with Crippen LogP contribution in [-0.4, -0.2) is 21.4 Å². The largest absolute Gasteiger partial charge is 0.411 e. The van der Waals surface area contributed by atoms with E-state index < -0.39 is 34.3 Å². The molecule has 1 atom stereocenters. The molecule has 1 amide bonds. The van der Waals surface area contributed by atoms with E-state index in [1.165, 1.54) is 37.3 Å². The Labute approximate surface area is 150 Å². The van der Waals surface area contributed by atoms with Gasteiger partial charge in [-0.15, -0.1) is 10.2 Å². The van der Waals surface area contributed by atoms with Crippen LogP contribution in [0.1, 0.15) is 6.92 Å². The van der Waals surface area contributed by atoms with Gasteiger partial charge in [-0.25, -0.2) is 13.2 Å². The van der Waals surface area contributed by atoms with Gasteiger partial charge >= 0.3 is 0 Å². The summed E-state index contributed by atoms with van der Waals surface area (Å²) in [5, 5.41) is 9.18. The highest BCUT2D eigenvalue weighted by molar-refractivity contribution is 8.00. The maximum Gasteiger partial charge on any atom is 0.277 e. The summed E-state index contributed by atoms with van der Waals surface area (Å²) in [6.07, 6.45) is 0. The Morgan fingerprint density at radius 3 is 2.38 bits per heavy atom. The SMILES string of the molecule is C[C@@H](Sc1nnc(-c2ccc(F)cc2)o1)C(=O)Nc1c(F)cccc1F. The quantitative estimate of drug-likeness (QED) is 0.671. The molecule has 1 aromatic heterocycles. The lowest BCUT2D eigenvalue weighted by Gasteiger charge is -2.11. The van der Waals surface area contributed by atoms with Crippen LogP contribution >= 0.6 is 11.8 Å². The Morgan fingerprint density at radius 2 is 1.73 bits per heavy atom. The number of hydrogen-bond acceptors (Lipinski definition) is 5. The van der Waals surface area contributed by atoms with Gasteiger partial charge in [0.05, 0.1) is 5.25 Å². The highest BCUT2D eigenvalue weighted by Gasteiger charge is 2.21. The van der Waals surface area contributed by atoms with E-state index in [9.17, 15) is 18.0 Å². The fraction of sp³-hybridized carbons (Fsp3) is 0.118. The monoisotopic (exact) mass is 379 g/mol. The van der Waals surface area contributed by atoms with Crippen molar-refractivity contribution in [1.82, 2.24) is 10.2 Å². The zero-order valence-corrected chi connectivity index (χ0v) is 14.2. The number of nitrogens with one attached hydrogen (secondary N) is 1. The number of carbonyl (C=O) groups excluding carboxylic acids is 1. The van der Waals surface area contributed by atoms with Gasteiger partial charge in [-0.1, -0.05) is 17.8 Å². The summed E-state index contributed by atoms with van der Waals surface area (Å²) in [5.41, 5.74) is 0.0127. The molecule has 9 heteroatoms. The first-order valence-electron chi connectivity index (χ1n) is 7.45. The second-order valence-electron chi connectivity index (χ2n) is 5.23. The van der Waals surface area contributed by atoms with Crippen molar-refractivity contribution in [1.29, 1.82) is 0 Å². The number of hydrogen-bond donors (Lipinski definition) is 1. The summed E-state index contributed by atoms with van der Waals surface area (Å²) in [6.45, 7) is 1.53. The van der Waals surface area contributed by atoms with Gasteiger partial charge in [0.1, 0.15) is 23.1 Å². The first-order chi connectivity index (χ1) is 12.4. The van der Waals surface area contributed by atoms with Crippen LogP contribution in [0, 0.1) is 17.5 Å². The highest BCUT2D eigenvalue weighted by atomic mass is 32.2. The first kappa shape index (κ1) is 18.0. The molecule has 0 aliphatic heterocycles. The predicted octanol–water partition coefficient (Wildman–Crippen LogP) is 4.27. The Kier molecular flexibility index (Phi) is 5.27. The van der Waals surface area contributed by atoms with Crippen molar-refractivity contribution >= 4 is 23.4 Å². The normalized spacial score (nSPS) is 12.0. The number of benzene rings is 2. The third-order valence-corrected chi connectivity index (χ3v) is 4.29. The molecule has 0 unspecified atom stereocenters. The molecule has 134 valence electrons. The van der Waals surface area contributed by atoms with Gasteiger partial charge in [0.2, 0.25) is 11.8 Å². The van der Waals surface area contributed by atoms with Crippen LogP contribution in [0.5, 0.6) is 0 Å². The van der Waals surface area contributed by atoms with E-state index in [2.05, 4.69) is 15.5 Å². The molecule has 3 rings (SSSR count). The summed E-state index contributed by atoms with van der Waals surface area (Å²) < 4.78 is 45.5. The van der Waals surface area contributed by atoms with Crippen molar-refractivity contribution in [2.45, 2.75) is 17.4 Å². The lowest BCUT2D eigenvalue weighted by molar-refractivity contribution is -0.115. The maximum absolute atomic E-state index is 13.6. The van der Waals surface area contributed by atoms with E-state index in [0.29, 0.717) is 5.56 Å². The molecule has 26 heavy (non-hydrogen) atoms. The smallest absolute Gasteiger partial charge is 0.277 e. The average Bonchev–Trinajstić information content (AvgIpc) is 3.07. The third kappa shape index (κ3) is 4.05. The molecule has 0 bridgehead atoms. The van der Waals surface area contributed by atoms with Gasteiger partial charge < -0.3 is 9.73 Å². The second kappa shape index (κ2) is 7.61. The van der Waals surface area contributed by atoms with Crippen molar-refractivity contribution in [3.63, 3.8) is 0 Å². The van der Waals surface area contributed by atoms with Crippen molar-refractivity contribution < 1.29 is 22.4 Å². The summed E-state index contributed by atoms with van der Waals surface area (Å²) in [6, 6.07) is 8.76. The van der Waals surface area contributed by atoms with E-state index in [4.69, 9.17) is 4.42 Å². The molecule has 1 heterocycles. The van der Waals surface area contributed by atoms with E-state index in [1.807, 2.05) is 0 Å². The molecule has 1 N–H and O–H groups in total. The fourth-order valence-corrected chi connectivity index (χ4v) is 2.70. The summed E-state index contributed by atoms with van der Waals surface area (Å²) in [5.74, 6) is -2.59. The van der Waals surface area contributed by atoms with Crippen LogP contribution in [0.25, 0.3) is 11.5 Å². The van der Waals surface area contributed by atoms with Gasteiger partial charge in [-0.05, 0) is 43.3 Å². The molecule has 0 spiro atoms. The van der Waals surface area contributed by atoms with Crippen LogP contribution in [-0.2, 0) is 4.79 Å². The van der Waals surface area contributed by atoms with E-state index >= 15 is 0 Å². The topological polar surface area (TPSA) is 68.0 Å². The minimum atomic E-state index is -0.869. The number of nitrogens with zero attached hydrogens (tertiary/aromatic N) is 2. The number of rotatable bonds is 5. The minimum Gasteiger partial charge on any atom is -0.411 e. The van der Waals surface area contributed by atoms with Crippen LogP contribution in [0.3, 0.4) is 0 Å². The molecule has 5 nitrogen and oxygen atoms in total. The van der Waals surface area contributed by atoms with Gasteiger partial charge in [0.25, 0.3) is 5.22 Å². The third-order valence-electron chi connectivity index (χ3n) is 3.36. The Balaban J connectivity index is 1.67. The lowest BCUT2D eigenvalue weighted by atomic mass is 10.2. The van der Waals surface area contributed by atoms with Crippen LogP contribution < -0.4 is 5.32 Å². The first-order valence-corrected chi connectivity index (χ1v) is 8.33. The van der Waals surface area contributed by atoms with Crippen LogP contribution in [0.2, 0.25) is 0 Å². The Hall–Kier alpha value is -2.81. The number of anilines is 1. The van der Waals surface area contributed by atoms with Crippen molar-refractivity contribution in [3.8, 4) is 11.5 Å². The number of thioether (sulfide) groups is 1. The Morgan fingerprint density at radius 1 is 1.08 bits per heavy atom. The molecule has 2 aromatic carbocycles. The number of carbonyl (C=O) groups is 1. The number of aromatic nitrogens is 2. The summed E-state index contributed by atoms with van der Waals surface area (Å²) in [7, 11) is 0.